The molecule has 0 aliphatic heterocycles. The van der Waals surface area contributed by atoms with E-state index in [1.165, 1.54) is 19.6 Å². The summed E-state index contributed by atoms with van der Waals surface area (Å²) in [6, 6.07) is 6.30. The molecule has 0 heterocycles. The van der Waals surface area contributed by atoms with Crippen LogP contribution in [0.25, 0.3) is 0 Å². The largest absolute Gasteiger partial charge is 0.372 e. The molecule has 0 saturated heterocycles. The van der Waals surface area contributed by atoms with Gasteiger partial charge in [0.05, 0.1) is 6.54 Å². The van der Waals surface area contributed by atoms with E-state index in [1.54, 1.807) is 25.1 Å². The lowest BCUT2D eigenvalue weighted by molar-refractivity contribution is -0.140. The Morgan fingerprint density at radius 3 is 2.50 bits per heavy atom. The summed E-state index contributed by atoms with van der Waals surface area (Å²) >= 11 is 0. The fraction of sp³-hybridized carbons (Fsp3) is 0.556. The van der Waals surface area contributed by atoms with Gasteiger partial charge in [0.15, 0.2) is 0 Å². The Bertz CT molecular complexity index is 587. The normalized spacial score (nSPS) is 17.8. The minimum absolute atomic E-state index is 0.00134. The average Bonchev–Trinajstić information content (AvgIpc) is 2.60. The van der Waals surface area contributed by atoms with Crippen molar-refractivity contribution in [1.29, 1.82) is 0 Å². The van der Waals surface area contributed by atoms with Crippen LogP contribution in [0.5, 0.6) is 0 Å². The van der Waals surface area contributed by atoms with E-state index in [0.29, 0.717) is 5.56 Å². The zero-order valence-corrected chi connectivity index (χ0v) is 14.2. The molecule has 5 nitrogen and oxygen atoms in total. The van der Waals surface area contributed by atoms with E-state index in [-0.39, 0.29) is 12.6 Å². The van der Waals surface area contributed by atoms with Crippen LogP contribution in [0, 0.1) is 5.82 Å². The monoisotopic (exact) mass is 336 g/mol. The van der Waals surface area contributed by atoms with Crippen molar-refractivity contribution in [3.8, 4) is 0 Å². The molecule has 0 aromatic heterocycles. The first-order chi connectivity index (χ1) is 11.5. The molecule has 132 valence electrons. The molecule has 6 heteroatoms. The first-order valence-electron chi connectivity index (χ1n) is 8.35. The second-order valence-electron chi connectivity index (χ2n) is 6.41. The summed E-state index contributed by atoms with van der Waals surface area (Å²) in [5, 5.41) is 5.30. The molecule has 1 saturated carbocycles. The average molecular weight is 336 g/mol. The highest BCUT2D eigenvalue weighted by atomic mass is 19.1. The van der Waals surface area contributed by atoms with Crippen molar-refractivity contribution in [3.63, 3.8) is 0 Å². The van der Waals surface area contributed by atoms with Gasteiger partial charge in [0.1, 0.15) is 11.4 Å². The lowest BCUT2D eigenvalue weighted by atomic mass is 9.95. The third-order valence-electron chi connectivity index (χ3n) is 4.63. The molecule has 24 heavy (non-hydrogen) atoms. The topological polar surface area (TPSA) is 67.4 Å². The molecular weight excluding hydrogens is 311 g/mol. The van der Waals surface area contributed by atoms with E-state index in [1.807, 2.05) is 0 Å². The molecule has 2 amide bonds. The number of hydrogen-bond acceptors (Lipinski definition) is 3. The van der Waals surface area contributed by atoms with Gasteiger partial charge in [0, 0.05) is 18.7 Å². The Labute approximate surface area is 142 Å². The Balaban J connectivity index is 1.93. The maximum atomic E-state index is 14.0. The summed E-state index contributed by atoms with van der Waals surface area (Å²) < 4.78 is 19.4. The van der Waals surface area contributed by atoms with Crippen molar-refractivity contribution in [1.82, 2.24) is 10.6 Å². The van der Waals surface area contributed by atoms with Gasteiger partial charge in [-0.2, -0.15) is 0 Å². The lowest BCUT2D eigenvalue weighted by Gasteiger charge is -2.29. The summed E-state index contributed by atoms with van der Waals surface area (Å²) in [5.74, 6) is -1.78. The first kappa shape index (κ1) is 18.4. The van der Waals surface area contributed by atoms with Crippen LogP contribution in [0.1, 0.15) is 44.6 Å². The number of carbonyl (C=O) groups is 2. The molecule has 1 fully saturated rings. The van der Waals surface area contributed by atoms with Crippen molar-refractivity contribution < 1.29 is 18.7 Å². The van der Waals surface area contributed by atoms with Gasteiger partial charge in [-0.15, -0.1) is 0 Å². The van der Waals surface area contributed by atoms with Crippen LogP contribution in [0.2, 0.25) is 0 Å². The second-order valence-corrected chi connectivity index (χ2v) is 6.41. The molecule has 1 atom stereocenters. The van der Waals surface area contributed by atoms with Crippen molar-refractivity contribution in [2.45, 2.75) is 50.7 Å². The summed E-state index contributed by atoms with van der Waals surface area (Å²) in [6.45, 7) is 1.67. The Kier molecular flexibility index (Phi) is 6.31. The molecule has 1 unspecified atom stereocenters. The number of amides is 2. The van der Waals surface area contributed by atoms with Crippen molar-refractivity contribution in [2.75, 3.05) is 13.7 Å². The molecule has 2 N–H and O–H groups in total. The summed E-state index contributed by atoms with van der Waals surface area (Å²) in [4.78, 5) is 24.0. The van der Waals surface area contributed by atoms with E-state index >= 15 is 0 Å². The van der Waals surface area contributed by atoms with Gasteiger partial charge in [-0.05, 0) is 25.8 Å². The molecule has 1 aromatic carbocycles. The number of rotatable bonds is 5. The molecule has 0 bridgehead atoms. The fourth-order valence-electron chi connectivity index (χ4n) is 2.99. The highest BCUT2D eigenvalue weighted by Gasteiger charge is 2.31. The van der Waals surface area contributed by atoms with Gasteiger partial charge in [-0.25, -0.2) is 4.39 Å². The molecule has 1 aromatic rings. The second kappa shape index (κ2) is 8.24. The van der Waals surface area contributed by atoms with Crippen LogP contribution in [0.4, 0.5) is 4.39 Å². The number of carbonyl (C=O) groups excluding carboxylic acids is 2. The first-order valence-corrected chi connectivity index (χ1v) is 8.35. The van der Waals surface area contributed by atoms with E-state index in [9.17, 15) is 14.0 Å². The number of benzene rings is 1. The van der Waals surface area contributed by atoms with Crippen LogP contribution in [-0.4, -0.2) is 31.5 Å². The number of hydrogen-bond donors (Lipinski definition) is 2. The third-order valence-corrected chi connectivity index (χ3v) is 4.63. The Morgan fingerprint density at radius 1 is 1.21 bits per heavy atom. The smallest absolute Gasteiger partial charge is 0.309 e. The molecule has 2 rings (SSSR count). The van der Waals surface area contributed by atoms with Crippen molar-refractivity contribution in [3.05, 3.63) is 35.6 Å². The maximum Gasteiger partial charge on any atom is 0.309 e. The van der Waals surface area contributed by atoms with E-state index in [4.69, 9.17) is 4.74 Å². The van der Waals surface area contributed by atoms with Gasteiger partial charge in [0.25, 0.3) is 0 Å². The predicted molar refractivity (Wildman–Crippen MR) is 88.8 cm³/mol. The number of methoxy groups -OCH3 is 1. The molecule has 1 aliphatic rings. The number of nitrogens with one attached hydrogen (secondary N) is 2. The number of halogens is 1. The summed E-state index contributed by atoms with van der Waals surface area (Å²) in [7, 11) is 1.45. The van der Waals surface area contributed by atoms with Gasteiger partial charge < -0.3 is 15.4 Å². The van der Waals surface area contributed by atoms with Gasteiger partial charge in [0.2, 0.25) is 0 Å². The Morgan fingerprint density at radius 2 is 1.88 bits per heavy atom. The highest BCUT2D eigenvalue weighted by molar-refractivity contribution is 6.35. The van der Waals surface area contributed by atoms with Gasteiger partial charge >= 0.3 is 11.8 Å². The summed E-state index contributed by atoms with van der Waals surface area (Å²) in [6.07, 6.45) is 5.13. The summed E-state index contributed by atoms with van der Waals surface area (Å²) in [5.41, 5.74) is -0.716. The fourth-order valence-corrected chi connectivity index (χ4v) is 2.99. The van der Waals surface area contributed by atoms with Gasteiger partial charge in [-0.3, -0.25) is 9.59 Å². The molecular formula is C18H25FN2O3. The SMILES string of the molecule is COC(C)(CNC(=O)C(=O)NC1CCCCC1)c1ccccc1F. The van der Waals surface area contributed by atoms with E-state index in [2.05, 4.69) is 10.6 Å². The maximum absolute atomic E-state index is 14.0. The van der Waals surface area contributed by atoms with Crippen LogP contribution < -0.4 is 10.6 Å². The zero-order chi connectivity index (χ0) is 17.6. The standard InChI is InChI=1S/C18H25FN2O3/c1-18(24-2,14-10-6-7-11-15(14)19)12-20-16(22)17(23)21-13-8-4-3-5-9-13/h6-7,10-11,13H,3-5,8-9,12H2,1-2H3,(H,20,22)(H,21,23). The third kappa shape index (κ3) is 4.54. The van der Waals surface area contributed by atoms with Crippen molar-refractivity contribution >= 4 is 11.8 Å². The number of ether oxygens (including phenoxy) is 1. The molecule has 0 spiro atoms. The Hall–Kier alpha value is -1.95. The predicted octanol–water partition coefficient (Wildman–Crippen LogP) is 2.25. The highest BCUT2D eigenvalue weighted by Crippen LogP contribution is 2.26. The van der Waals surface area contributed by atoms with Crippen molar-refractivity contribution in [2.24, 2.45) is 0 Å². The van der Waals surface area contributed by atoms with Crippen LogP contribution in [0.3, 0.4) is 0 Å². The minimum atomic E-state index is -1.05. The van der Waals surface area contributed by atoms with Crippen LogP contribution >= 0.6 is 0 Å². The lowest BCUT2D eigenvalue weighted by Crippen LogP contribution is -2.48. The van der Waals surface area contributed by atoms with Crippen LogP contribution in [0.15, 0.2) is 24.3 Å². The zero-order valence-electron chi connectivity index (χ0n) is 14.2. The van der Waals surface area contributed by atoms with E-state index < -0.39 is 23.2 Å². The molecule has 0 radical (unpaired) electrons. The van der Waals surface area contributed by atoms with Crippen LogP contribution in [-0.2, 0) is 19.9 Å². The quantitative estimate of drug-likeness (QED) is 0.811. The van der Waals surface area contributed by atoms with Gasteiger partial charge in [-0.1, -0.05) is 37.5 Å². The molecule has 1 aliphatic carbocycles. The minimum Gasteiger partial charge on any atom is -0.372 e. The van der Waals surface area contributed by atoms with E-state index in [0.717, 1.165) is 25.7 Å².